The van der Waals surface area contributed by atoms with Gasteiger partial charge in [0.2, 0.25) is 0 Å². The molecule has 0 bridgehead atoms. The van der Waals surface area contributed by atoms with E-state index in [2.05, 4.69) is 44.1 Å². The third kappa shape index (κ3) is 4.00. The highest BCUT2D eigenvalue weighted by atomic mass is 16.5. The number of nitrogens with one attached hydrogen (secondary N) is 2. The second kappa shape index (κ2) is 8.56. The minimum atomic E-state index is -0.491. The molecule has 1 aliphatic heterocycles. The van der Waals surface area contributed by atoms with Gasteiger partial charge < -0.3 is 19.7 Å². The number of rotatable bonds is 5. The molecule has 2 aliphatic rings. The first-order chi connectivity index (χ1) is 18.4. The van der Waals surface area contributed by atoms with Crippen LogP contribution in [0.2, 0.25) is 0 Å². The first-order valence-corrected chi connectivity index (χ1v) is 13.4. The van der Waals surface area contributed by atoms with Crippen LogP contribution in [0.5, 0.6) is 5.75 Å². The van der Waals surface area contributed by atoms with Gasteiger partial charge in [0, 0.05) is 59.0 Å². The molecule has 38 heavy (non-hydrogen) atoms. The van der Waals surface area contributed by atoms with Crippen molar-refractivity contribution in [3.63, 3.8) is 0 Å². The molecule has 1 aromatic carbocycles. The fourth-order valence-electron chi connectivity index (χ4n) is 6.16. The molecule has 2 fully saturated rings. The van der Waals surface area contributed by atoms with Crippen molar-refractivity contribution in [2.45, 2.75) is 51.2 Å². The molecule has 5 aromatic rings. The molecule has 1 saturated heterocycles. The van der Waals surface area contributed by atoms with E-state index >= 15 is 0 Å². The van der Waals surface area contributed by atoms with Crippen molar-refractivity contribution in [2.75, 3.05) is 18.0 Å². The van der Waals surface area contributed by atoms with Gasteiger partial charge in [0.25, 0.3) is 0 Å². The molecule has 7 rings (SSSR count). The molecule has 4 aromatic heterocycles. The molecular weight excluding hydrogens is 476 g/mol. The Hall–Kier alpha value is -3.91. The van der Waals surface area contributed by atoms with Gasteiger partial charge in [-0.2, -0.15) is 5.10 Å². The van der Waals surface area contributed by atoms with Crippen LogP contribution >= 0.6 is 0 Å². The molecule has 1 atom stereocenters. The Labute approximate surface area is 221 Å². The van der Waals surface area contributed by atoms with Crippen LogP contribution in [-0.4, -0.2) is 48.9 Å². The summed E-state index contributed by atoms with van der Waals surface area (Å²) in [5.41, 5.74) is 4.60. The Morgan fingerprint density at radius 2 is 1.84 bits per heavy atom. The molecule has 0 unspecified atom stereocenters. The molecule has 5 heterocycles. The first-order valence-electron chi connectivity index (χ1n) is 13.4. The van der Waals surface area contributed by atoms with E-state index in [4.69, 9.17) is 9.72 Å². The summed E-state index contributed by atoms with van der Waals surface area (Å²) in [5, 5.41) is 20.1. The van der Waals surface area contributed by atoms with Gasteiger partial charge in [0.05, 0.1) is 11.1 Å². The molecule has 194 valence electrons. The Morgan fingerprint density at radius 3 is 2.63 bits per heavy atom. The third-order valence-electron chi connectivity index (χ3n) is 8.56. The topological polar surface area (TPSA) is 103 Å². The van der Waals surface area contributed by atoms with Gasteiger partial charge in [-0.15, -0.1) is 0 Å². The monoisotopic (exact) mass is 508 g/mol. The summed E-state index contributed by atoms with van der Waals surface area (Å²) in [6, 6.07) is 14.3. The van der Waals surface area contributed by atoms with E-state index in [0.717, 1.165) is 89.1 Å². The lowest BCUT2D eigenvalue weighted by molar-refractivity contribution is -0.0282. The van der Waals surface area contributed by atoms with Crippen molar-refractivity contribution in [1.82, 2.24) is 25.1 Å². The van der Waals surface area contributed by atoms with Crippen molar-refractivity contribution < 1.29 is 9.84 Å². The normalized spacial score (nSPS) is 19.1. The van der Waals surface area contributed by atoms with Crippen LogP contribution in [0.15, 0.2) is 61.1 Å². The van der Waals surface area contributed by atoms with Gasteiger partial charge in [-0.3, -0.25) is 5.10 Å². The lowest BCUT2D eigenvalue weighted by Gasteiger charge is -2.55. The van der Waals surface area contributed by atoms with Crippen LogP contribution in [0, 0.1) is 5.41 Å². The Bertz CT molecular complexity index is 1600. The van der Waals surface area contributed by atoms with Crippen LogP contribution in [0.25, 0.3) is 33.2 Å². The number of hydrogen-bond acceptors (Lipinski definition) is 6. The van der Waals surface area contributed by atoms with Crippen molar-refractivity contribution >= 4 is 27.8 Å². The van der Waals surface area contributed by atoms with E-state index in [9.17, 15) is 5.11 Å². The highest BCUT2D eigenvalue weighted by Gasteiger charge is 2.47. The van der Waals surface area contributed by atoms with Crippen molar-refractivity contribution in [3.05, 3.63) is 66.6 Å². The fourth-order valence-corrected chi connectivity index (χ4v) is 6.16. The summed E-state index contributed by atoms with van der Waals surface area (Å²) in [5.74, 6) is 1.79. The molecule has 8 nitrogen and oxygen atoms in total. The zero-order valence-corrected chi connectivity index (χ0v) is 21.7. The standard InChI is InChI=1S/C30H32N6O2/c1-19(22-7-13-31-28-23(22)8-14-32-28)38-21-4-5-25-24(15-21)27(35-34-25)20-3-6-26(33-16-20)36-17-30(18-36)11-9-29(2,37)10-12-30/h3-8,13-16,19,37H,9-12,17-18H2,1-2H3,(H,31,32)(H,34,35)/t19-/m1/s1. The molecule has 3 N–H and O–H groups in total. The van der Waals surface area contributed by atoms with Gasteiger partial charge in [-0.05, 0) is 82.0 Å². The zero-order chi connectivity index (χ0) is 25.9. The van der Waals surface area contributed by atoms with Crippen LogP contribution < -0.4 is 9.64 Å². The zero-order valence-electron chi connectivity index (χ0n) is 21.7. The van der Waals surface area contributed by atoms with Crippen LogP contribution in [0.1, 0.15) is 51.2 Å². The smallest absolute Gasteiger partial charge is 0.137 e. The number of anilines is 1. The number of aliphatic hydroxyl groups is 1. The quantitative estimate of drug-likeness (QED) is 0.278. The van der Waals surface area contributed by atoms with Crippen molar-refractivity contribution in [1.29, 1.82) is 0 Å². The van der Waals surface area contributed by atoms with Gasteiger partial charge in [0.1, 0.15) is 29.0 Å². The molecule has 1 saturated carbocycles. The summed E-state index contributed by atoms with van der Waals surface area (Å²) in [4.78, 5) is 14.7. The number of ether oxygens (including phenoxy) is 1. The molecule has 8 heteroatoms. The number of aromatic nitrogens is 5. The number of aromatic amines is 2. The Balaban J connectivity index is 1.08. The summed E-state index contributed by atoms with van der Waals surface area (Å²) in [6.45, 7) is 6.06. The van der Waals surface area contributed by atoms with E-state index < -0.39 is 5.60 Å². The maximum atomic E-state index is 10.3. The molecule has 1 aliphatic carbocycles. The lowest BCUT2D eigenvalue weighted by Crippen LogP contribution is -2.59. The third-order valence-corrected chi connectivity index (χ3v) is 8.56. The minimum absolute atomic E-state index is 0.139. The van der Waals surface area contributed by atoms with E-state index in [1.54, 1.807) is 0 Å². The fraction of sp³-hybridized carbons (Fsp3) is 0.367. The predicted octanol–water partition coefficient (Wildman–Crippen LogP) is 5.77. The molecule has 0 radical (unpaired) electrons. The molecular formula is C30H32N6O2. The summed E-state index contributed by atoms with van der Waals surface area (Å²) in [7, 11) is 0. The van der Waals surface area contributed by atoms with Gasteiger partial charge in [-0.1, -0.05) is 0 Å². The minimum Gasteiger partial charge on any atom is -0.486 e. The maximum Gasteiger partial charge on any atom is 0.137 e. The first kappa shape index (κ1) is 23.2. The van der Waals surface area contributed by atoms with Crippen molar-refractivity contribution in [3.8, 4) is 17.0 Å². The second-order valence-electron chi connectivity index (χ2n) is 11.4. The average molecular weight is 509 g/mol. The number of fused-ring (bicyclic) bond motifs is 2. The average Bonchev–Trinajstić information content (AvgIpc) is 3.55. The largest absolute Gasteiger partial charge is 0.486 e. The molecule has 1 spiro atoms. The van der Waals surface area contributed by atoms with Crippen LogP contribution in [0.3, 0.4) is 0 Å². The Kier molecular flexibility index (Phi) is 5.23. The maximum absolute atomic E-state index is 10.3. The van der Waals surface area contributed by atoms with Crippen molar-refractivity contribution in [2.24, 2.45) is 5.41 Å². The number of H-pyrrole nitrogens is 2. The predicted molar refractivity (Wildman–Crippen MR) is 148 cm³/mol. The summed E-state index contributed by atoms with van der Waals surface area (Å²) < 4.78 is 6.37. The summed E-state index contributed by atoms with van der Waals surface area (Å²) in [6.07, 6.45) is 9.45. The number of pyridine rings is 2. The van der Waals surface area contributed by atoms with E-state index in [0.29, 0.717) is 5.41 Å². The van der Waals surface area contributed by atoms with E-state index in [1.165, 1.54) is 0 Å². The number of benzene rings is 1. The number of nitrogens with zero attached hydrogens (tertiary/aromatic N) is 4. The lowest BCUT2D eigenvalue weighted by atomic mass is 9.65. The van der Waals surface area contributed by atoms with Crippen LogP contribution in [0.4, 0.5) is 5.82 Å². The number of hydrogen-bond donors (Lipinski definition) is 3. The highest BCUT2D eigenvalue weighted by Crippen LogP contribution is 2.47. The highest BCUT2D eigenvalue weighted by molar-refractivity contribution is 5.93. The van der Waals surface area contributed by atoms with E-state index in [-0.39, 0.29) is 6.10 Å². The van der Waals surface area contributed by atoms with Gasteiger partial charge in [-0.25, -0.2) is 9.97 Å². The second-order valence-corrected chi connectivity index (χ2v) is 11.4. The molecule has 0 amide bonds. The Morgan fingerprint density at radius 1 is 1.00 bits per heavy atom. The SMILES string of the molecule is C[C@@H](Oc1ccc2[nH]nc(-c3ccc(N4CC5(CCC(C)(O)CC5)C4)nc3)c2c1)c1ccnc2[nH]ccc12. The van der Waals surface area contributed by atoms with Crippen LogP contribution in [-0.2, 0) is 0 Å². The van der Waals surface area contributed by atoms with Gasteiger partial charge >= 0.3 is 0 Å². The van der Waals surface area contributed by atoms with Gasteiger partial charge in [0.15, 0.2) is 0 Å². The summed E-state index contributed by atoms with van der Waals surface area (Å²) >= 11 is 0. The van der Waals surface area contributed by atoms with E-state index in [1.807, 2.05) is 55.8 Å².